The van der Waals surface area contributed by atoms with Crippen LogP contribution in [0.25, 0.3) is 0 Å². The first-order valence-corrected chi connectivity index (χ1v) is 6.53. The lowest BCUT2D eigenvalue weighted by molar-refractivity contribution is 0.195. The minimum Gasteiger partial charge on any atom is -0.385 e. The minimum absolute atomic E-state index is 0.607. The van der Waals surface area contributed by atoms with Crippen molar-refractivity contribution in [3.63, 3.8) is 0 Å². The van der Waals surface area contributed by atoms with Crippen molar-refractivity contribution >= 4 is 11.8 Å². The summed E-state index contributed by atoms with van der Waals surface area (Å²) in [4.78, 5) is 1.34. The van der Waals surface area contributed by atoms with Gasteiger partial charge in [0.25, 0.3) is 0 Å². The molecular weight excluding hydrogens is 218 g/mol. The van der Waals surface area contributed by atoms with Gasteiger partial charge in [-0.15, -0.1) is 11.8 Å². The van der Waals surface area contributed by atoms with Crippen molar-refractivity contribution in [2.45, 2.75) is 30.0 Å². The molecule has 1 N–H and O–H groups in total. The molecule has 1 rings (SSSR count). The summed E-state index contributed by atoms with van der Waals surface area (Å²) in [6, 6.07) is 8.75. The highest BCUT2D eigenvalue weighted by Crippen LogP contribution is 2.25. The van der Waals surface area contributed by atoms with Gasteiger partial charge in [-0.2, -0.15) is 0 Å². The molecule has 1 aromatic carbocycles. The van der Waals surface area contributed by atoms with Crippen LogP contribution in [0, 0.1) is 0 Å². The molecule has 0 saturated heterocycles. The van der Waals surface area contributed by atoms with E-state index in [0.717, 1.165) is 19.6 Å². The summed E-state index contributed by atoms with van der Waals surface area (Å²) in [5, 5.41) is 3.76. The highest BCUT2D eigenvalue weighted by molar-refractivity contribution is 7.99. The summed E-state index contributed by atoms with van der Waals surface area (Å²) in [5.41, 5.74) is 1.33. The number of rotatable bonds is 7. The quantitative estimate of drug-likeness (QED) is 0.739. The molecule has 1 aromatic rings. The predicted molar refractivity (Wildman–Crippen MR) is 71.0 cm³/mol. The monoisotopic (exact) mass is 239 g/mol. The van der Waals surface area contributed by atoms with E-state index in [0.29, 0.717) is 5.25 Å². The minimum atomic E-state index is 0.607. The van der Waals surface area contributed by atoms with E-state index < -0.39 is 0 Å². The van der Waals surface area contributed by atoms with Gasteiger partial charge in [0.15, 0.2) is 0 Å². The molecule has 0 amide bonds. The van der Waals surface area contributed by atoms with Crippen molar-refractivity contribution in [3.05, 3.63) is 29.8 Å². The molecule has 0 radical (unpaired) electrons. The fourth-order valence-corrected chi connectivity index (χ4v) is 2.44. The van der Waals surface area contributed by atoms with Gasteiger partial charge >= 0.3 is 0 Å². The zero-order valence-electron chi connectivity index (χ0n) is 10.3. The number of nitrogens with one attached hydrogen (secondary N) is 1. The van der Waals surface area contributed by atoms with Gasteiger partial charge in [0, 0.05) is 30.4 Å². The standard InChI is InChI=1S/C13H21NOS/c1-11(8-9-15-3)16-13-6-4-12(5-7-13)10-14-2/h4-7,11,14H,8-10H2,1-3H3. The molecule has 0 fully saturated rings. The van der Waals surface area contributed by atoms with Gasteiger partial charge in [-0.25, -0.2) is 0 Å². The van der Waals surface area contributed by atoms with Gasteiger partial charge in [0.05, 0.1) is 0 Å². The largest absolute Gasteiger partial charge is 0.385 e. The Bertz CT molecular complexity index is 286. The van der Waals surface area contributed by atoms with Gasteiger partial charge in [-0.05, 0) is 31.2 Å². The number of hydrogen-bond donors (Lipinski definition) is 1. The second kappa shape index (κ2) is 7.71. The highest BCUT2D eigenvalue weighted by atomic mass is 32.2. The summed E-state index contributed by atoms with van der Waals surface area (Å²) in [6.45, 7) is 4.02. The molecule has 0 aliphatic rings. The Balaban J connectivity index is 2.41. The molecule has 16 heavy (non-hydrogen) atoms. The molecular formula is C13H21NOS. The maximum Gasteiger partial charge on any atom is 0.0472 e. The molecule has 3 heteroatoms. The fraction of sp³-hybridized carbons (Fsp3) is 0.538. The molecule has 1 unspecified atom stereocenters. The number of methoxy groups -OCH3 is 1. The third kappa shape index (κ3) is 5.01. The van der Waals surface area contributed by atoms with Crippen LogP contribution in [0.4, 0.5) is 0 Å². The van der Waals surface area contributed by atoms with Crippen molar-refractivity contribution in [1.29, 1.82) is 0 Å². The van der Waals surface area contributed by atoms with Crippen molar-refractivity contribution in [2.24, 2.45) is 0 Å². The van der Waals surface area contributed by atoms with Crippen LogP contribution < -0.4 is 5.32 Å². The van der Waals surface area contributed by atoms with Gasteiger partial charge in [0.1, 0.15) is 0 Å². The van der Waals surface area contributed by atoms with Gasteiger partial charge < -0.3 is 10.1 Å². The van der Waals surface area contributed by atoms with Crippen molar-refractivity contribution in [3.8, 4) is 0 Å². The van der Waals surface area contributed by atoms with Crippen LogP contribution in [-0.4, -0.2) is 26.0 Å². The van der Waals surface area contributed by atoms with Crippen LogP contribution in [0.5, 0.6) is 0 Å². The molecule has 0 heterocycles. The molecule has 0 aliphatic carbocycles. The van der Waals surface area contributed by atoms with E-state index >= 15 is 0 Å². The van der Waals surface area contributed by atoms with Crippen LogP contribution in [0.15, 0.2) is 29.2 Å². The van der Waals surface area contributed by atoms with E-state index in [1.165, 1.54) is 10.5 Å². The Morgan fingerprint density at radius 3 is 2.56 bits per heavy atom. The lowest BCUT2D eigenvalue weighted by Gasteiger charge is -2.10. The van der Waals surface area contributed by atoms with E-state index in [-0.39, 0.29) is 0 Å². The molecule has 0 saturated carbocycles. The third-order valence-electron chi connectivity index (χ3n) is 2.37. The number of thioether (sulfide) groups is 1. The number of ether oxygens (including phenoxy) is 1. The topological polar surface area (TPSA) is 21.3 Å². The van der Waals surface area contributed by atoms with Crippen LogP contribution in [-0.2, 0) is 11.3 Å². The Kier molecular flexibility index (Phi) is 6.53. The molecule has 90 valence electrons. The van der Waals surface area contributed by atoms with Crippen molar-refractivity contribution < 1.29 is 4.74 Å². The second-order valence-corrected chi connectivity index (χ2v) is 5.40. The molecule has 0 aromatic heterocycles. The normalized spacial score (nSPS) is 12.7. The molecule has 1 atom stereocenters. The van der Waals surface area contributed by atoms with E-state index in [4.69, 9.17) is 4.74 Å². The predicted octanol–water partition coefficient (Wildman–Crippen LogP) is 2.92. The lowest BCUT2D eigenvalue weighted by Crippen LogP contribution is -2.04. The van der Waals surface area contributed by atoms with Crippen molar-refractivity contribution in [2.75, 3.05) is 20.8 Å². The lowest BCUT2D eigenvalue weighted by atomic mass is 10.2. The van der Waals surface area contributed by atoms with Crippen LogP contribution in [0.1, 0.15) is 18.9 Å². The Labute approximate surface area is 103 Å². The maximum absolute atomic E-state index is 5.08. The summed E-state index contributed by atoms with van der Waals surface area (Å²) in [5.74, 6) is 0. The summed E-state index contributed by atoms with van der Waals surface area (Å²) >= 11 is 1.91. The van der Waals surface area contributed by atoms with Crippen molar-refractivity contribution in [1.82, 2.24) is 5.32 Å². The summed E-state index contributed by atoms with van der Waals surface area (Å²) in [7, 11) is 3.72. The molecule has 0 spiro atoms. The zero-order chi connectivity index (χ0) is 11.8. The van der Waals surface area contributed by atoms with E-state index in [1.54, 1.807) is 7.11 Å². The van der Waals surface area contributed by atoms with Gasteiger partial charge in [-0.3, -0.25) is 0 Å². The Morgan fingerprint density at radius 2 is 2.00 bits per heavy atom. The van der Waals surface area contributed by atoms with Crippen LogP contribution in [0.2, 0.25) is 0 Å². The SMILES string of the molecule is CNCc1ccc(SC(C)CCOC)cc1. The van der Waals surface area contributed by atoms with E-state index in [2.05, 4.69) is 36.5 Å². The third-order valence-corrected chi connectivity index (χ3v) is 3.55. The first-order chi connectivity index (χ1) is 7.76. The van der Waals surface area contributed by atoms with E-state index in [9.17, 15) is 0 Å². The molecule has 0 bridgehead atoms. The number of hydrogen-bond acceptors (Lipinski definition) is 3. The smallest absolute Gasteiger partial charge is 0.0472 e. The second-order valence-electron chi connectivity index (χ2n) is 3.88. The van der Waals surface area contributed by atoms with Crippen LogP contribution >= 0.6 is 11.8 Å². The highest BCUT2D eigenvalue weighted by Gasteiger charge is 2.03. The summed E-state index contributed by atoms with van der Waals surface area (Å²) < 4.78 is 5.08. The average Bonchev–Trinajstić information content (AvgIpc) is 2.29. The Morgan fingerprint density at radius 1 is 1.31 bits per heavy atom. The van der Waals surface area contributed by atoms with E-state index in [1.807, 2.05) is 18.8 Å². The number of benzene rings is 1. The fourth-order valence-electron chi connectivity index (χ4n) is 1.47. The van der Waals surface area contributed by atoms with Crippen LogP contribution in [0.3, 0.4) is 0 Å². The zero-order valence-corrected chi connectivity index (χ0v) is 11.1. The molecule has 0 aliphatic heterocycles. The Hall–Kier alpha value is -0.510. The first-order valence-electron chi connectivity index (χ1n) is 5.65. The maximum atomic E-state index is 5.08. The average molecular weight is 239 g/mol. The molecule has 2 nitrogen and oxygen atoms in total. The van der Waals surface area contributed by atoms with Gasteiger partial charge in [0.2, 0.25) is 0 Å². The van der Waals surface area contributed by atoms with Gasteiger partial charge in [-0.1, -0.05) is 19.1 Å². The summed E-state index contributed by atoms with van der Waals surface area (Å²) in [6.07, 6.45) is 1.10. The first kappa shape index (κ1) is 13.6.